The van der Waals surface area contributed by atoms with Crippen molar-refractivity contribution < 1.29 is 17.9 Å². The minimum absolute atomic E-state index is 0.0512. The maximum atomic E-state index is 13.0. The third-order valence-electron chi connectivity index (χ3n) is 4.55. The molecule has 5 nitrogen and oxygen atoms in total. The molecule has 8 heteroatoms. The van der Waals surface area contributed by atoms with Crippen LogP contribution in [-0.2, 0) is 17.5 Å². The minimum Gasteiger partial charge on any atom is -0.356 e. The summed E-state index contributed by atoms with van der Waals surface area (Å²) in [6, 6.07) is 9.16. The zero-order chi connectivity index (χ0) is 19.4. The molecule has 1 aromatic carbocycles. The van der Waals surface area contributed by atoms with E-state index in [2.05, 4.69) is 10.2 Å². The number of halogens is 3. The van der Waals surface area contributed by atoms with E-state index >= 15 is 0 Å². The molecule has 1 fully saturated rings. The zero-order valence-electron chi connectivity index (χ0n) is 15.0. The first-order chi connectivity index (χ1) is 12.9. The molecule has 2 aromatic rings. The van der Waals surface area contributed by atoms with Crippen LogP contribution >= 0.6 is 0 Å². The van der Waals surface area contributed by atoms with Crippen LogP contribution in [0.2, 0.25) is 0 Å². The minimum atomic E-state index is -4.49. The van der Waals surface area contributed by atoms with Crippen molar-refractivity contribution in [1.82, 2.24) is 9.88 Å². The fourth-order valence-corrected chi connectivity index (χ4v) is 3.21. The van der Waals surface area contributed by atoms with Crippen molar-refractivity contribution in [1.29, 1.82) is 0 Å². The lowest BCUT2D eigenvalue weighted by Crippen LogP contribution is -2.49. The van der Waals surface area contributed by atoms with Crippen LogP contribution in [-0.4, -0.2) is 37.0 Å². The lowest BCUT2D eigenvalue weighted by Gasteiger charge is -2.36. The number of hydrogen-bond donors (Lipinski definition) is 1. The number of anilines is 1. The molecule has 3 rings (SSSR count). The number of ether oxygens (including phenoxy) is 1. The summed E-state index contributed by atoms with van der Waals surface area (Å²) in [5.41, 5.74) is 0.288. The van der Waals surface area contributed by atoms with Crippen molar-refractivity contribution in [3.63, 3.8) is 0 Å². The summed E-state index contributed by atoms with van der Waals surface area (Å²) in [6.07, 6.45) is -3.79. The molecule has 0 amide bonds. The van der Waals surface area contributed by atoms with Crippen molar-refractivity contribution >= 4 is 5.69 Å². The van der Waals surface area contributed by atoms with Crippen LogP contribution < -0.4 is 15.8 Å². The number of morpholine rings is 1. The molecular formula is C19H22F3N3O2. The highest BCUT2D eigenvalue weighted by atomic mass is 19.4. The van der Waals surface area contributed by atoms with Gasteiger partial charge in [-0.05, 0) is 24.6 Å². The van der Waals surface area contributed by atoms with Gasteiger partial charge in [-0.1, -0.05) is 18.2 Å². The number of nitrogens with zero attached hydrogens (tertiary/aromatic N) is 2. The van der Waals surface area contributed by atoms with Crippen molar-refractivity contribution in [2.45, 2.75) is 25.9 Å². The predicted octanol–water partition coefficient (Wildman–Crippen LogP) is 2.69. The highest BCUT2D eigenvalue weighted by Crippen LogP contribution is 2.29. The van der Waals surface area contributed by atoms with Crippen molar-refractivity contribution in [2.75, 3.05) is 31.1 Å². The summed E-state index contributed by atoms with van der Waals surface area (Å²) in [5, 5.41) is 3.27. The lowest BCUT2D eigenvalue weighted by atomic mass is 10.1. The number of aromatic nitrogens is 1. The number of alkyl halides is 3. The van der Waals surface area contributed by atoms with Crippen LogP contribution in [0.1, 0.15) is 18.1 Å². The van der Waals surface area contributed by atoms with E-state index in [1.54, 1.807) is 0 Å². The maximum absolute atomic E-state index is 13.0. The van der Waals surface area contributed by atoms with Gasteiger partial charge in [0.15, 0.2) is 0 Å². The van der Waals surface area contributed by atoms with Gasteiger partial charge < -0.3 is 19.5 Å². The first-order valence-electron chi connectivity index (χ1n) is 8.84. The molecule has 0 radical (unpaired) electrons. The summed E-state index contributed by atoms with van der Waals surface area (Å²) in [6.45, 7) is 4.75. The van der Waals surface area contributed by atoms with Gasteiger partial charge in [-0.2, -0.15) is 13.2 Å². The second-order valence-electron chi connectivity index (χ2n) is 6.33. The SMILES string of the molecule is CCN(c1ccccc1Cn1cc(C(F)(F)F)ccc1=O)C1CNCCO1. The van der Waals surface area contributed by atoms with E-state index in [9.17, 15) is 18.0 Å². The molecule has 1 saturated heterocycles. The van der Waals surface area contributed by atoms with Gasteiger partial charge in [-0.25, -0.2) is 0 Å². The van der Waals surface area contributed by atoms with Crippen molar-refractivity contribution in [3.05, 3.63) is 64.1 Å². The summed E-state index contributed by atoms with van der Waals surface area (Å²) in [5.74, 6) is 0. The standard InChI is InChI=1S/C19H22F3N3O2/c1-2-25(18-11-23-9-10-27-18)16-6-4-3-5-14(16)12-24-13-15(19(20,21)22)7-8-17(24)26/h3-8,13,18,23H,2,9-12H2,1H3. The molecule has 1 atom stereocenters. The molecule has 146 valence electrons. The Morgan fingerprint density at radius 2 is 2.04 bits per heavy atom. The van der Waals surface area contributed by atoms with E-state index in [0.717, 1.165) is 40.7 Å². The molecule has 1 aromatic heterocycles. The van der Waals surface area contributed by atoms with E-state index < -0.39 is 17.3 Å². The Labute approximate surface area is 155 Å². The van der Waals surface area contributed by atoms with Gasteiger partial charge in [0, 0.05) is 37.6 Å². The molecule has 0 bridgehead atoms. The Balaban J connectivity index is 1.93. The number of rotatable bonds is 5. The molecule has 0 spiro atoms. The maximum Gasteiger partial charge on any atom is 0.417 e. The van der Waals surface area contributed by atoms with E-state index in [1.165, 1.54) is 0 Å². The topological polar surface area (TPSA) is 46.5 Å². The average molecular weight is 381 g/mol. The molecule has 27 heavy (non-hydrogen) atoms. The smallest absolute Gasteiger partial charge is 0.356 e. The molecule has 0 saturated carbocycles. The second kappa shape index (κ2) is 8.14. The van der Waals surface area contributed by atoms with Gasteiger partial charge in [0.25, 0.3) is 5.56 Å². The Hall–Kier alpha value is -2.32. The van der Waals surface area contributed by atoms with Gasteiger partial charge in [0.05, 0.1) is 18.7 Å². The highest BCUT2D eigenvalue weighted by molar-refractivity contribution is 5.54. The fourth-order valence-electron chi connectivity index (χ4n) is 3.21. The Bertz CT molecular complexity index is 829. The van der Waals surface area contributed by atoms with Gasteiger partial charge in [-0.15, -0.1) is 0 Å². The van der Waals surface area contributed by atoms with Crippen LogP contribution in [0.5, 0.6) is 0 Å². The Kier molecular flexibility index (Phi) is 5.86. The van der Waals surface area contributed by atoms with E-state index in [-0.39, 0.29) is 12.8 Å². The lowest BCUT2D eigenvalue weighted by molar-refractivity contribution is -0.138. The molecule has 2 heterocycles. The Morgan fingerprint density at radius 3 is 2.70 bits per heavy atom. The van der Waals surface area contributed by atoms with Crippen molar-refractivity contribution in [2.24, 2.45) is 0 Å². The van der Waals surface area contributed by atoms with Gasteiger partial charge in [0.1, 0.15) is 6.23 Å². The highest BCUT2D eigenvalue weighted by Gasteiger charge is 2.31. The quantitative estimate of drug-likeness (QED) is 0.865. The van der Waals surface area contributed by atoms with Crippen LogP contribution in [0, 0.1) is 0 Å². The second-order valence-corrected chi connectivity index (χ2v) is 6.33. The third kappa shape index (κ3) is 4.51. The van der Waals surface area contributed by atoms with Crippen LogP contribution in [0.15, 0.2) is 47.4 Å². The molecule has 0 aliphatic carbocycles. The summed E-state index contributed by atoms with van der Waals surface area (Å²) >= 11 is 0. The van der Waals surface area contributed by atoms with Gasteiger partial charge in [0.2, 0.25) is 0 Å². The third-order valence-corrected chi connectivity index (χ3v) is 4.55. The number of likely N-dealkylation sites (N-methyl/N-ethyl adjacent to an activating group) is 1. The molecule has 1 unspecified atom stereocenters. The zero-order valence-corrected chi connectivity index (χ0v) is 15.0. The first-order valence-corrected chi connectivity index (χ1v) is 8.84. The van der Waals surface area contributed by atoms with Crippen LogP contribution in [0.3, 0.4) is 0 Å². The molecule has 1 N–H and O–H groups in total. The largest absolute Gasteiger partial charge is 0.417 e. The number of pyridine rings is 1. The van der Waals surface area contributed by atoms with E-state index in [1.807, 2.05) is 31.2 Å². The van der Waals surface area contributed by atoms with Gasteiger partial charge >= 0.3 is 6.18 Å². The van der Waals surface area contributed by atoms with Crippen molar-refractivity contribution in [3.8, 4) is 0 Å². The van der Waals surface area contributed by atoms with Crippen LogP contribution in [0.4, 0.5) is 18.9 Å². The first kappa shape index (κ1) is 19.4. The number of hydrogen-bond acceptors (Lipinski definition) is 4. The fraction of sp³-hybridized carbons (Fsp3) is 0.421. The van der Waals surface area contributed by atoms with Gasteiger partial charge in [-0.3, -0.25) is 4.79 Å². The molecule has 1 aliphatic heterocycles. The average Bonchev–Trinajstić information content (AvgIpc) is 2.65. The monoisotopic (exact) mass is 381 g/mol. The normalized spacial score (nSPS) is 17.7. The van der Waals surface area contributed by atoms with E-state index in [0.29, 0.717) is 19.7 Å². The number of para-hydroxylation sites is 1. The van der Waals surface area contributed by atoms with Crippen LogP contribution in [0.25, 0.3) is 0 Å². The molecular weight excluding hydrogens is 359 g/mol. The summed E-state index contributed by atoms with van der Waals surface area (Å²) < 4.78 is 45.9. The summed E-state index contributed by atoms with van der Waals surface area (Å²) in [7, 11) is 0. The molecule has 1 aliphatic rings. The number of benzene rings is 1. The summed E-state index contributed by atoms with van der Waals surface area (Å²) in [4.78, 5) is 14.2. The Morgan fingerprint density at radius 1 is 1.26 bits per heavy atom. The number of nitrogens with one attached hydrogen (secondary N) is 1. The predicted molar refractivity (Wildman–Crippen MR) is 96.9 cm³/mol. The van der Waals surface area contributed by atoms with E-state index in [4.69, 9.17) is 4.74 Å².